The first kappa shape index (κ1) is 28.6. The average Bonchev–Trinajstić information content (AvgIpc) is 3.49. The van der Waals surface area contributed by atoms with Gasteiger partial charge in [-0.2, -0.15) is 0 Å². The molecule has 2 saturated carbocycles. The molecule has 5 rings (SSSR count). The topological polar surface area (TPSA) is 43.1 Å². The first-order valence-electron chi connectivity index (χ1n) is 15.9. The number of carbonyl (C=O) groups excluding carboxylic acids is 1. The summed E-state index contributed by atoms with van der Waals surface area (Å²) in [7, 11) is 0. The summed E-state index contributed by atoms with van der Waals surface area (Å²) >= 11 is 0. The quantitative estimate of drug-likeness (QED) is 0.201. The van der Waals surface area contributed by atoms with Crippen molar-refractivity contribution < 1.29 is 9.21 Å². The molecule has 40 heavy (non-hydrogen) atoms. The van der Waals surface area contributed by atoms with Crippen molar-refractivity contribution in [1.82, 2.24) is 4.98 Å². The van der Waals surface area contributed by atoms with Crippen molar-refractivity contribution in [2.45, 2.75) is 104 Å². The van der Waals surface area contributed by atoms with Gasteiger partial charge in [-0.15, -0.1) is 0 Å². The summed E-state index contributed by atoms with van der Waals surface area (Å²) in [6.45, 7) is 7.18. The third kappa shape index (κ3) is 6.69. The highest BCUT2D eigenvalue weighted by atomic mass is 16.3. The van der Waals surface area contributed by atoms with E-state index in [1.54, 1.807) is 12.5 Å². The van der Waals surface area contributed by atoms with E-state index in [-0.39, 0.29) is 0 Å². The molecule has 4 atom stereocenters. The molecule has 3 nitrogen and oxygen atoms in total. The Bertz CT molecular complexity index is 1270. The summed E-state index contributed by atoms with van der Waals surface area (Å²) in [5, 5.41) is 0. The maximum absolute atomic E-state index is 11.7. The minimum atomic E-state index is 0.605. The van der Waals surface area contributed by atoms with Crippen LogP contribution in [-0.2, 0) is 17.6 Å². The first-order chi connectivity index (χ1) is 19.6. The summed E-state index contributed by atoms with van der Waals surface area (Å²) < 4.78 is 5.22. The predicted octanol–water partition coefficient (Wildman–Crippen LogP) is 9.88. The Morgan fingerprint density at radius 2 is 1.80 bits per heavy atom. The molecule has 1 aromatic carbocycles. The van der Waals surface area contributed by atoms with Gasteiger partial charge >= 0.3 is 0 Å². The van der Waals surface area contributed by atoms with Gasteiger partial charge in [0.2, 0.25) is 0 Å². The van der Waals surface area contributed by atoms with Crippen LogP contribution in [0.1, 0.15) is 113 Å². The maximum Gasteiger partial charge on any atom is 0.128 e. The second-order valence-corrected chi connectivity index (χ2v) is 12.7. The van der Waals surface area contributed by atoms with Crippen molar-refractivity contribution >= 4 is 11.5 Å². The zero-order chi connectivity index (χ0) is 27.9. The molecule has 3 aromatic rings. The second-order valence-electron chi connectivity index (χ2n) is 12.7. The molecule has 0 saturated heterocycles. The van der Waals surface area contributed by atoms with Crippen LogP contribution in [0.5, 0.6) is 0 Å². The fourth-order valence-electron chi connectivity index (χ4n) is 7.81. The second kappa shape index (κ2) is 13.6. The van der Waals surface area contributed by atoms with Gasteiger partial charge in [-0.25, -0.2) is 4.79 Å². The number of benzene rings is 1. The summed E-state index contributed by atoms with van der Waals surface area (Å²) in [4.78, 5) is 17.2. The van der Waals surface area contributed by atoms with Crippen LogP contribution in [0.2, 0.25) is 0 Å². The molecular formula is C37H47NO2. The van der Waals surface area contributed by atoms with E-state index in [9.17, 15) is 4.79 Å². The van der Waals surface area contributed by atoms with Crippen LogP contribution in [0.4, 0.5) is 0 Å². The molecule has 212 valence electrons. The number of rotatable bonds is 9. The van der Waals surface area contributed by atoms with Gasteiger partial charge in [-0.05, 0) is 104 Å². The van der Waals surface area contributed by atoms with Gasteiger partial charge in [0.15, 0.2) is 0 Å². The summed E-state index contributed by atoms with van der Waals surface area (Å²) in [5.74, 6) is 5.35. The van der Waals surface area contributed by atoms with E-state index in [4.69, 9.17) is 9.40 Å². The van der Waals surface area contributed by atoms with Gasteiger partial charge in [-0.3, -0.25) is 4.98 Å². The summed E-state index contributed by atoms with van der Waals surface area (Å²) in [6, 6.07) is 15.3. The molecule has 0 amide bonds. The van der Waals surface area contributed by atoms with Crippen molar-refractivity contribution in [3.63, 3.8) is 0 Å². The number of allylic oxidation sites excluding steroid dienone is 1. The molecule has 0 spiro atoms. The standard InChI is InChI=1S/C37H47NO2/c1-4-33-35(29-11-7-5-8-12-29)23-36(30-13-9-6-10-14-30)38-37(33)22-28-16-15-26(2)34(27(3)21-28)18-17-31(24-39)32-19-20-40-25-32/h5,7-8,11-12,19-20,23,25-28,30,34H,4,6,9-10,13-18,21-22H2,1-3H3. The minimum Gasteiger partial charge on any atom is -0.472 e. The van der Waals surface area contributed by atoms with Crippen molar-refractivity contribution in [2.75, 3.05) is 0 Å². The van der Waals surface area contributed by atoms with Gasteiger partial charge in [0.25, 0.3) is 0 Å². The molecule has 0 N–H and O–H groups in total. The van der Waals surface area contributed by atoms with E-state index in [1.165, 1.54) is 79.4 Å². The normalized spacial score (nSPS) is 23.9. The highest BCUT2D eigenvalue weighted by Gasteiger charge is 2.31. The van der Waals surface area contributed by atoms with Crippen LogP contribution in [0.15, 0.2) is 59.4 Å². The SMILES string of the molecule is CCc1c(-c2ccccc2)cc(C2CCCCC2)nc1CC1CCC(C)C(CCC(=C=O)c2ccoc2)C(C)C1. The van der Waals surface area contributed by atoms with Crippen LogP contribution < -0.4 is 0 Å². The van der Waals surface area contributed by atoms with E-state index in [1.807, 2.05) is 6.07 Å². The third-order valence-electron chi connectivity index (χ3n) is 10.1. The molecule has 3 heteroatoms. The van der Waals surface area contributed by atoms with Crippen LogP contribution in [0.3, 0.4) is 0 Å². The van der Waals surface area contributed by atoms with Crippen molar-refractivity contribution in [2.24, 2.45) is 23.7 Å². The Hall–Kier alpha value is -2.90. The zero-order valence-electron chi connectivity index (χ0n) is 24.8. The van der Waals surface area contributed by atoms with Crippen molar-refractivity contribution in [3.05, 3.63) is 77.5 Å². The van der Waals surface area contributed by atoms with E-state index in [0.717, 1.165) is 36.8 Å². The lowest BCUT2D eigenvalue weighted by molar-refractivity contribution is 0.238. The lowest BCUT2D eigenvalue weighted by Gasteiger charge is -2.28. The fourth-order valence-corrected chi connectivity index (χ4v) is 7.81. The zero-order valence-corrected chi connectivity index (χ0v) is 24.8. The molecule has 2 aliphatic carbocycles. The third-order valence-corrected chi connectivity index (χ3v) is 10.1. The van der Waals surface area contributed by atoms with Gasteiger partial charge in [-0.1, -0.05) is 76.8 Å². The molecular weight excluding hydrogens is 490 g/mol. The monoisotopic (exact) mass is 537 g/mol. The Labute approximate surface area is 241 Å². The largest absolute Gasteiger partial charge is 0.472 e. The number of hydrogen-bond acceptors (Lipinski definition) is 3. The molecule has 2 aliphatic rings. The van der Waals surface area contributed by atoms with Gasteiger partial charge in [0.05, 0.1) is 12.5 Å². The summed E-state index contributed by atoms with van der Waals surface area (Å²) in [5.41, 5.74) is 8.53. The van der Waals surface area contributed by atoms with E-state index in [0.29, 0.717) is 29.6 Å². The molecule has 2 fully saturated rings. The van der Waals surface area contributed by atoms with E-state index in [2.05, 4.69) is 63.1 Å². The van der Waals surface area contributed by atoms with Crippen LogP contribution in [0, 0.1) is 23.7 Å². The van der Waals surface area contributed by atoms with E-state index < -0.39 is 0 Å². The molecule has 2 heterocycles. The van der Waals surface area contributed by atoms with Gasteiger partial charge in [0, 0.05) is 28.4 Å². The van der Waals surface area contributed by atoms with Crippen LogP contribution in [-0.4, -0.2) is 10.9 Å². The fraction of sp³-hybridized carbons (Fsp3) is 0.541. The number of aromatic nitrogens is 1. The molecule has 4 unspecified atom stereocenters. The average molecular weight is 538 g/mol. The smallest absolute Gasteiger partial charge is 0.128 e. The molecule has 0 bridgehead atoms. The number of pyridine rings is 1. The number of nitrogens with zero attached hydrogens (tertiary/aromatic N) is 1. The predicted molar refractivity (Wildman–Crippen MR) is 165 cm³/mol. The number of hydrogen-bond donors (Lipinski definition) is 0. The molecule has 2 aromatic heterocycles. The Morgan fingerprint density at radius 3 is 2.50 bits per heavy atom. The maximum atomic E-state index is 11.7. The van der Waals surface area contributed by atoms with Crippen molar-refractivity contribution in [1.29, 1.82) is 0 Å². The summed E-state index contributed by atoms with van der Waals surface area (Å²) in [6.07, 6.45) is 17.6. The van der Waals surface area contributed by atoms with Crippen LogP contribution >= 0.6 is 0 Å². The minimum absolute atomic E-state index is 0.605. The first-order valence-corrected chi connectivity index (χ1v) is 15.9. The lowest BCUT2D eigenvalue weighted by Crippen LogP contribution is -2.19. The highest BCUT2D eigenvalue weighted by Crippen LogP contribution is 2.42. The lowest BCUT2D eigenvalue weighted by atomic mass is 9.77. The molecule has 0 radical (unpaired) electrons. The Balaban J connectivity index is 1.37. The van der Waals surface area contributed by atoms with Gasteiger partial charge in [0.1, 0.15) is 5.94 Å². The van der Waals surface area contributed by atoms with Gasteiger partial charge < -0.3 is 4.42 Å². The van der Waals surface area contributed by atoms with Crippen molar-refractivity contribution in [3.8, 4) is 11.1 Å². The van der Waals surface area contributed by atoms with Crippen LogP contribution in [0.25, 0.3) is 16.7 Å². The highest BCUT2D eigenvalue weighted by molar-refractivity contribution is 5.87. The van der Waals surface area contributed by atoms with E-state index >= 15 is 0 Å². The Kier molecular flexibility index (Phi) is 9.76. The number of furan rings is 1. The Morgan fingerprint density at radius 1 is 1.00 bits per heavy atom. The molecule has 0 aliphatic heterocycles.